The molecule has 164 valence electrons. The number of aryl methyl sites for hydroxylation is 1. The van der Waals surface area contributed by atoms with Crippen molar-refractivity contribution in [3.05, 3.63) is 54.1 Å². The van der Waals surface area contributed by atoms with Gasteiger partial charge in [-0.05, 0) is 30.3 Å². The summed E-state index contributed by atoms with van der Waals surface area (Å²) in [5.74, 6) is -0.275. The molecule has 1 amide bonds. The summed E-state index contributed by atoms with van der Waals surface area (Å²) in [6.07, 6.45) is 0. The topological polar surface area (TPSA) is 119 Å². The second-order valence-electron chi connectivity index (χ2n) is 7.38. The van der Waals surface area contributed by atoms with Crippen molar-refractivity contribution in [1.82, 2.24) is 24.1 Å². The zero-order valence-corrected chi connectivity index (χ0v) is 18.0. The van der Waals surface area contributed by atoms with Crippen LogP contribution in [0.4, 0.5) is 5.95 Å². The van der Waals surface area contributed by atoms with E-state index in [9.17, 15) is 13.2 Å². The van der Waals surface area contributed by atoms with Gasteiger partial charge < -0.3 is 9.30 Å². The summed E-state index contributed by atoms with van der Waals surface area (Å²) in [6.45, 7) is 1.40. The molecule has 1 N–H and O–H groups in total. The van der Waals surface area contributed by atoms with Crippen LogP contribution in [-0.2, 0) is 21.8 Å². The summed E-state index contributed by atoms with van der Waals surface area (Å²) < 4.78 is 34.6. The lowest BCUT2D eigenvalue weighted by molar-refractivity contribution is 0.0730. The molecule has 3 heterocycles. The van der Waals surface area contributed by atoms with E-state index in [1.165, 1.54) is 4.31 Å². The molecule has 0 bridgehead atoms. The van der Waals surface area contributed by atoms with Crippen LogP contribution in [-0.4, -0.2) is 64.7 Å². The molecular formula is C21H20N6O4S. The van der Waals surface area contributed by atoms with Crippen LogP contribution in [0.15, 0.2) is 53.4 Å². The SMILES string of the molecule is Cn1c2ccc(S(=O)(=O)N3CCOCC3)cc2c2nnc(NC(=O)c3ccccc3)nc21. The molecule has 2 aromatic carbocycles. The summed E-state index contributed by atoms with van der Waals surface area (Å²) in [7, 11) is -1.85. The van der Waals surface area contributed by atoms with Crippen molar-refractivity contribution >= 4 is 43.9 Å². The number of hydrogen-bond donors (Lipinski definition) is 1. The van der Waals surface area contributed by atoms with Gasteiger partial charge in [-0.2, -0.15) is 9.29 Å². The molecule has 1 aliphatic rings. The predicted molar refractivity (Wildman–Crippen MR) is 118 cm³/mol. The normalized spacial score (nSPS) is 15.3. The van der Waals surface area contributed by atoms with Crippen LogP contribution in [0.1, 0.15) is 10.4 Å². The zero-order chi connectivity index (χ0) is 22.3. The van der Waals surface area contributed by atoms with Crippen LogP contribution in [0.2, 0.25) is 0 Å². The molecule has 32 heavy (non-hydrogen) atoms. The number of hydrogen-bond acceptors (Lipinski definition) is 7. The number of aromatic nitrogens is 4. The maximum atomic E-state index is 13.0. The van der Waals surface area contributed by atoms with Crippen molar-refractivity contribution in [2.24, 2.45) is 7.05 Å². The third kappa shape index (κ3) is 3.49. The molecule has 1 aliphatic heterocycles. The van der Waals surface area contributed by atoms with Crippen molar-refractivity contribution < 1.29 is 17.9 Å². The number of carbonyl (C=O) groups excluding carboxylic acids is 1. The van der Waals surface area contributed by atoms with Gasteiger partial charge >= 0.3 is 0 Å². The second-order valence-corrected chi connectivity index (χ2v) is 9.32. The second kappa shape index (κ2) is 7.93. The van der Waals surface area contributed by atoms with Crippen LogP contribution in [0.5, 0.6) is 0 Å². The maximum absolute atomic E-state index is 13.0. The molecule has 1 saturated heterocycles. The van der Waals surface area contributed by atoms with Crippen molar-refractivity contribution in [2.45, 2.75) is 4.90 Å². The Kier molecular flexibility index (Phi) is 5.08. The molecule has 10 nitrogen and oxygen atoms in total. The van der Waals surface area contributed by atoms with Crippen LogP contribution in [0.3, 0.4) is 0 Å². The number of morpholine rings is 1. The molecule has 0 saturated carbocycles. The molecule has 0 spiro atoms. The highest BCUT2D eigenvalue weighted by molar-refractivity contribution is 7.89. The molecular weight excluding hydrogens is 432 g/mol. The molecule has 2 aromatic heterocycles. The summed E-state index contributed by atoms with van der Waals surface area (Å²) in [5.41, 5.74) is 2.18. The van der Waals surface area contributed by atoms with E-state index in [0.29, 0.717) is 48.4 Å². The van der Waals surface area contributed by atoms with Crippen LogP contribution in [0, 0.1) is 0 Å². The molecule has 5 rings (SSSR count). The number of amides is 1. The summed E-state index contributed by atoms with van der Waals surface area (Å²) >= 11 is 0. The third-order valence-corrected chi connectivity index (χ3v) is 7.33. The van der Waals surface area contributed by atoms with E-state index in [1.54, 1.807) is 54.1 Å². The fourth-order valence-electron chi connectivity index (χ4n) is 3.75. The fourth-order valence-corrected chi connectivity index (χ4v) is 5.18. The highest BCUT2D eigenvalue weighted by atomic mass is 32.2. The minimum Gasteiger partial charge on any atom is -0.379 e. The standard InChI is InChI=1S/C21H20N6O4S/c1-26-17-8-7-15(32(29,30)27-9-11-31-12-10-27)13-16(17)18-19(26)22-21(25-24-18)23-20(28)14-5-3-2-4-6-14/h2-8,13H,9-12H2,1H3,(H,22,23,25,28). The minimum absolute atomic E-state index is 0.0680. The number of carbonyl (C=O) groups is 1. The number of nitrogens with one attached hydrogen (secondary N) is 1. The summed E-state index contributed by atoms with van der Waals surface area (Å²) in [6, 6.07) is 13.6. The minimum atomic E-state index is -3.65. The molecule has 0 radical (unpaired) electrons. The number of fused-ring (bicyclic) bond motifs is 3. The molecule has 0 unspecified atom stereocenters. The largest absolute Gasteiger partial charge is 0.379 e. The Morgan fingerprint density at radius 2 is 1.81 bits per heavy atom. The van der Waals surface area contributed by atoms with E-state index < -0.39 is 10.0 Å². The average Bonchev–Trinajstić information content (AvgIpc) is 3.11. The highest BCUT2D eigenvalue weighted by Gasteiger charge is 2.27. The maximum Gasteiger partial charge on any atom is 0.258 e. The van der Waals surface area contributed by atoms with E-state index in [2.05, 4.69) is 20.5 Å². The first-order valence-corrected chi connectivity index (χ1v) is 11.5. The van der Waals surface area contributed by atoms with Gasteiger partial charge in [0.2, 0.25) is 10.0 Å². The van der Waals surface area contributed by atoms with Crippen molar-refractivity contribution in [2.75, 3.05) is 31.6 Å². The van der Waals surface area contributed by atoms with Gasteiger partial charge in [-0.15, -0.1) is 10.2 Å². The predicted octanol–water partition coefficient (Wildman–Crippen LogP) is 1.79. The first kappa shape index (κ1) is 20.5. The Labute approximate surface area is 183 Å². The Balaban J connectivity index is 1.53. The number of anilines is 1. The lowest BCUT2D eigenvalue weighted by Gasteiger charge is -2.26. The third-order valence-electron chi connectivity index (χ3n) is 5.44. The van der Waals surface area contributed by atoms with E-state index >= 15 is 0 Å². The van der Waals surface area contributed by atoms with Crippen LogP contribution >= 0.6 is 0 Å². The number of ether oxygens (including phenoxy) is 1. The fraction of sp³-hybridized carbons (Fsp3) is 0.238. The average molecular weight is 452 g/mol. The Morgan fingerprint density at radius 3 is 2.56 bits per heavy atom. The van der Waals surface area contributed by atoms with E-state index in [4.69, 9.17) is 4.74 Å². The van der Waals surface area contributed by atoms with Gasteiger partial charge in [-0.1, -0.05) is 18.2 Å². The van der Waals surface area contributed by atoms with Gasteiger partial charge in [0.1, 0.15) is 5.52 Å². The number of benzene rings is 2. The quantitative estimate of drug-likeness (QED) is 0.501. The first-order valence-electron chi connectivity index (χ1n) is 10.0. The summed E-state index contributed by atoms with van der Waals surface area (Å²) in [4.78, 5) is 17.0. The lowest BCUT2D eigenvalue weighted by Crippen LogP contribution is -2.40. The Bertz CT molecular complexity index is 1430. The number of nitrogens with zero attached hydrogens (tertiary/aromatic N) is 5. The Hall–Kier alpha value is -3.41. The zero-order valence-electron chi connectivity index (χ0n) is 17.2. The molecule has 0 atom stereocenters. The van der Waals surface area contributed by atoms with Crippen molar-refractivity contribution in [3.63, 3.8) is 0 Å². The first-order chi connectivity index (χ1) is 15.4. The van der Waals surface area contributed by atoms with Gasteiger partial charge in [-0.3, -0.25) is 10.1 Å². The smallest absolute Gasteiger partial charge is 0.258 e. The molecule has 11 heteroatoms. The summed E-state index contributed by atoms with van der Waals surface area (Å²) in [5, 5.41) is 11.5. The van der Waals surface area contributed by atoms with Gasteiger partial charge in [0.05, 0.1) is 23.6 Å². The van der Waals surface area contributed by atoms with Crippen LogP contribution < -0.4 is 5.32 Å². The van der Waals surface area contributed by atoms with Crippen molar-refractivity contribution in [1.29, 1.82) is 0 Å². The number of rotatable bonds is 4. The van der Waals surface area contributed by atoms with Crippen molar-refractivity contribution in [3.8, 4) is 0 Å². The van der Waals surface area contributed by atoms with Crippen LogP contribution in [0.25, 0.3) is 22.1 Å². The molecule has 4 aromatic rings. The number of sulfonamides is 1. The lowest BCUT2D eigenvalue weighted by atomic mass is 10.2. The molecule has 0 aliphatic carbocycles. The van der Waals surface area contributed by atoms with E-state index in [-0.39, 0.29) is 16.8 Å². The van der Waals surface area contributed by atoms with Gasteiger partial charge in [-0.25, -0.2) is 8.42 Å². The van der Waals surface area contributed by atoms with Gasteiger partial charge in [0.25, 0.3) is 11.9 Å². The van der Waals surface area contributed by atoms with Gasteiger partial charge in [0.15, 0.2) is 5.65 Å². The molecule has 1 fully saturated rings. The highest BCUT2D eigenvalue weighted by Crippen LogP contribution is 2.29. The van der Waals surface area contributed by atoms with Gasteiger partial charge in [0, 0.05) is 31.1 Å². The Morgan fingerprint density at radius 1 is 1.06 bits per heavy atom. The van der Waals surface area contributed by atoms with E-state index in [0.717, 1.165) is 5.52 Å². The monoisotopic (exact) mass is 452 g/mol. The van der Waals surface area contributed by atoms with E-state index in [1.807, 2.05) is 6.07 Å².